The molecule has 0 aromatic carbocycles. The van der Waals surface area contributed by atoms with Gasteiger partial charge in [0.2, 0.25) is 0 Å². The minimum atomic E-state index is -0.444. The summed E-state index contributed by atoms with van der Waals surface area (Å²) in [6.07, 6.45) is 0. The van der Waals surface area contributed by atoms with E-state index in [9.17, 15) is 4.79 Å². The summed E-state index contributed by atoms with van der Waals surface area (Å²) in [6, 6.07) is 1.93. The molecule has 0 aliphatic heterocycles. The van der Waals surface area contributed by atoms with E-state index in [1.807, 2.05) is 19.9 Å². The third kappa shape index (κ3) is 1.84. The number of esters is 1. The molecule has 0 aliphatic carbocycles. The van der Waals surface area contributed by atoms with Crippen LogP contribution in [0.25, 0.3) is 11.0 Å². The number of nitrogen functional groups attached to an aromatic ring is 1. The van der Waals surface area contributed by atoms with Gasteiger partial charge in [-0.25, -0.2) is 9.78 Å². The fraction of sp³-hybridized carbons (Fsp3) is 0.333. The zero-order valence-corrected chi connectivity index (χ0v) is 10.1. The van der Waals surface area contributed by atoms with Crippen LogP contribution in [0.1, 0.15) is 28.7 Å². The minimum Gasteiger partial charge on any atom is -0.461 e. The molecular weight excluding hydrogens is 218 g/mol. The van der Waals surface area contributed by atoms with Gasteiger partial charge >= 0.3 is 5.97 Å². The monoisotopic (exact) mass is 233 g/mol. The Morgan fingerprint density at radius 3 is 2.88 bits per heavy atom. The van der Waals surface area contributed by atoms with E-state index in [0.29, 0.717) is 17.9 Å². The maximum Gasteiger partial charge on any atom is 0.356 e. The van der Waals surface area contributed by atoms with Crippen molar-refractivity contribution < 1.29 is 9.53 Å². The van der Waals surface area contributed by atoms with Gasteiger partial charge in [-0.05, 0) is 32.4 Å². The molecule has 0 atom stereocenters. The molecule has 5 nitrogen and oxygen atoms in total. The van der Waals surface area contributed by atoms with Gasteiger partial charge in [0.1, 0.15) is 5.65 Å². The average molecular weight is 233 g/mol. The number of anilines is 1. The number of nitrogens with zero attached hydrogens (tertiary/aromatic N) is 1. The highest BCUT2D eigenvalue weighted by molar-refractivity contribution is 6.05. The number of carbonyl (C=O) groups excluding carboxylic acids is 1. The molecule has 90 valence electrons. The number of pyridine rings is 1. The van der Waals surface area contributed by atoms with Crippen molar-refractivity contribution in [2.45, 2.75) is 20.8 Å². The van der Waals surface area contributed by atoms with Gasteiger partial charge in [-0.2, -0.15) is 0 Å². The summed E-state index contributed by atoms with van der Waals surface area (Å²) in [4.78, 5) is 18.9. The van der Waals surface area contributed by atoms with Crippen LogP contribution in [0.4, 0.5) is 5.69 Å². The van der Waals surface area contributed by atoms with Gasteiger partial charge in [0.15, 0.2) is 5.69 Å². The van der Waals surface area contributed by atoms with Crippen molar-refractivity contribution in [2.75, 3.05) is 12.3 Å². The van der Waals surface area contributed by atoms with E-state index in [1.165, 1.54) is 0 Å². The van der Waals surface area contributed by atoms with Crippen LogP contribution in [-0.4, -0.2) is 22.5 Å². The Balaban J connectivity index is 2.64. The van der Waals surface area contributed by atoms with Gasteiger partial charge in [0, 0.05) is 11.1 Å². The molecule has 17 heavy (non-hydrogen) atoms. The lowest BCUT2D eigenvalue weighted by Crippen LogP contribution is -2.07. The van der Waals surface area contributed by atoms with Crippen LogP contribution >= 0.6 is 0 Å². The van der Waals surface area contributed by atoms with E-state index in [1.54, 1.807) is 6.92 Å². The number of fused-ring (bicyclic) bond motifs is 1. The second-order valence-electron chi connectivity index (χ2n) is 3.94. The van der Waals surface area contributed by atoms with Crippen molar-refractivity contribution in [1.29, 1.82) is 0 Å². The normalized spacial score (nSPS) is 10.8. The van der Waals surface area contributed by atoms with E-state index in [4.69, 9.17) is 10.5 Å². The van der Waals surface area contributed by atoms with Gasteiger partial charge in [-0.3, -0.25) is 0 Å². The first-order valence-corrected chi connectivity index (χ1v) is 5.47. The Morgan fingerprint density at radius 1 is 1.53 bits per heavy atom. The van der Waals surface area contributed by atoms with Gasteiger partial charge in [-0.1, -0.05) is 0 Å². The summed E-state index contributed by atoms with van der Waals surface area (Å²) in [7, 11) is 0. The summed E-state index contributed by atoms with van der Waals surface area (Å²) in [5.74, 6) is -0.444. The molecule has 0 bridgehead atoms. The van der Waals surface area contributed by atoms with Gasteiger partial charge in [0.25, 0.3) is 0 Å². The van der Waals surface area contributed by atoms with Crippen molar-refractivity contribution >= 4 is 22.7 Å². The lowest BCUT2D eigenvalue weighted by atomic mass is 10.1. The highest BCUT2D eigenvalue weighted by Crippen LogP contribution is 2.27. The van der Waals surface area contributed by atoms with Crippen LogP contribution in [0, 0.1) is 13.8 Å². The van der Waals surface area contributed by atoms with Crippen LogP contribution in [0.2, 0.25) is 0 Å². The van der Waals surface area contributed by atoms with Crippen molar-refractivity contribution in [2.24, 2.45) is 0 Å². The number of nitrogens with two attached hydrogens (primary N) is 1. The minimum absolute atomic E-state index is 0.281. The summed E-state index contributed by atoms with van der Waals surface area (Å²) in [5.41, 5.74) is 9.14. The molecule has 2 rings (SSSR count). The molecule has 0 spiro atoms. The summed E-state index contributed by atoms with van der Waals surface area (Å²) < 4.78 is 4.93. The molecule has 0 fully saturated rings. The van der Waals surface area contributed by atoms with Crippen LogP contribution < -0.4 is 5.73 Å². The predicted molar refractivity (Wildman–Crippen MR) is 65.9 cm³/mol. The van der Waals surface area contributed by atoms with Crippen LogP contribution in [0.5, 0.6) is 0 Å². The molecule has 0 aliphatic rings. The van der Waals surface area contributed by atoms with Crippen LogP contribution in [0.3, 0.4) is 0 Å². The van der Waals surface area contributed by atoms with Crippen LogP contribution in [0.15, 0.2) is 6.07 Å². The first-order chi connectivity index (χ1) is 8.04. The Kier molecular flexibility index (Phi) is 2.75. The molecule has 0 saturated carbocycles. The zero-order valence-electron chi connectivity index (χ0n) is 10.1. The Bertz CT molecular complexity index is 587. The highest BCUT2D eigenvalue weighted by Gasteiger charge is 2.18. The molecule has 3 N–H and O–H groups in total. The number of rotatable bonds is 2. The number of H-pyrrole nitrogens is 1. The van der Waals surface area contributed by atoms with Crippen LogP contribution in [-0.2, 0) is 4.74 Å². The smallest absolute Gasteiger partial charge is 0.356 e. The van der Waals surface area contributed by atoms with Crippen molar-refractivity contribution in [1.82, 2.24) is 9.97 Å². The first-order valence-electron chi connectivity index (χ1n) is 5.47. The lowest BCUT2D eigenvalue weighted by molar-refractivity contribution is 0.0522. The third-order valence-electron chi connectivity index (χ3n) is 2.61. The van der Waals surface area contributed by atoms with Crippen molar-refractivity contribution in [3.63, 3.8) is 0 Å². The SMILES string of the molecule is CCOC(=O)c1[nH]c2nc(C)cc(C)c2c1N. The first kappa shape index (κ1) is 11.4. The number of carbonyl (C=O) groups is 1. The van der Waals surface area contributed by atoms with E-state index >= 15 is 0 Å². The number of hydrogen-bond donors (Lipinski definition) is 2. The Labute approximate surface area is 99.0 Å². The van der Waals surface area contributed by atoms with E-state index in [-0.39, 0.29) is 5.69 Å². The fourth-order valence-electron chi connectivity index (χ4n) is 1.94. The second-order valence-corrected chi connectivity index (χ2v) is 3.94. The quantitative estimate of drug-likeness (QED) is 0.777. The standard InChI is InChI=1S/C12H15N3O2/c1-4-17-12(16)10-9(13)8-6(2)5-7(3)14-11(8)15-10/h5H,4,13H2,1-3H3,(H,14,15). The highest BCUT2D eigenvalue weighted by atomic mass is 16.5. The lowest BCUT2D eigenvalue weighted by Gasteiger charge is -2.00. The maximum atomic E-state index is 11.7. The molecule has 0 unspecified atom stereocenters. The molecule has 5 heteroatoms. The second kappa shape index (κ2) is 4.08. The number of ether oxygens (including phenoxy) is 1. The summed E-state index contributed by atoms with van der Waals surface area (Å²) in [6.45, 7) is 5.91. The number of aromatic amines is 1. The van der Waals surface area contributed by atoms with E-state index in [2.05, 4.69) is 9.97 Å². The molecule has 2 aromatic heterocycles. The number of aryl methyl sites for hydroxylation is 2. The van der Waals surface area contributed by atoms with Gasteiger partial charge in [0.05, 0.1) is 12.3 Å². The largest absolute Gasteiger partial charge is 0.461 e. The molecule has 2 heterocycles. The Morgan fingerprint density at radius 2 is 2.24 bits per heavy atom. The number of aromatic nitrogens is 2. The molecule has 0 radical (unpaired) electrons. The molecule has 0 amide bonds. The summed E-state index contributed by atoms with van der Waals surface area (Å²) >= 11 is 0. The number of nitrogens with one attached hydrogen (secondary N) is 1. The average Bonchev–Trinajstić information content (AvgIpc) is 2.56. The van der Waals surface area contributed by atoms with E-state index < -0.39 is 5.97 Å². The number of hydrogen-bond acceptors (Lipinski definition) is 4. The summed E-state index contributed by atoms with van der Waals surface area (Å²) in [5, 5.41) is 0.790. The van der Waals surface area contributed by atoms with Crippen molar-refractivity contribution in [3.8, 4) is 0 Å². The third-order valence-corrected chi connectivity index (χ3v) is 2.61. The van der Waals surface area contributed by atoms with Gasteiger partial charge in [-0.15, -0.1) is 0 Å². The molecular formula is C12H15N3O2. The molecule has 0 saturated heterocycles. The van der Waals surface area contributed by atoms with Gasteiger partial charge < -0.3 is 15.5 Å². The fourth-order valence-corrected chi connectivity index (χ4v) is 1.94. The zero-order chi connectivity index (χ0) is 12.6. The van der Waals surface area contributed by atoms with E-state index in [0.717, 1.165) is 16.6 Å². The predicted octanol–water partition coefficient (Wildman–Crippen LogP) is 1.94. The topological polar surface area (TPSA) is 81.0 Å². The molecule has 2 aromatic rings. The maximum absolute atomic E-state index is 11.7. The van der Waals surface area contributed by atoms with Crippen molar-refractivity contribution in [3.05, 3.63) is 23.0 Å². The Hall–Kier alpha value is -2.04.